The van der Waals surface area contributed by atoms with E-state index >= 15 is 0 Å². The Morgan fingerprint density at radius 1 is 1.69 bits per heavy atom. The molecular weight excluding hydrogens is 168 g/mol. The van der Waals surface area contributed by atoms with Gasteiger partial charge in [0.1, 0.15) is 6.04 Å². The van der Waals surface area contributed by atoms with Gasteiger partial charge in [0, 0.05) is 6.54 Å². The molecule has 1 heterocycles. The highest BCUT2D eigenvalue weighted by molar-refractivity contribution is 5.73. The number of carboxylic acid groups (broad SMARTS) is 1. The number of aliphatic carboxylic acids is 1. The van der Waals surface area contributed by atoms with Crippen LogP contribution in [0.2, 0.25) is 0 Å². The fraction of sp³-hybridized carbons (Fsp3) is 0.889. The van der Waals surface area contributed by atoms with Crippen molar-refractivity contribution < 1.29 is 9.90 Å². The molecule has 0 aromatic heterocycles. The molecule has 4 nitrogen and oxygen atoms in total. The van der Waals surface area contributed by atoms with E-state index < -0.39 is 5.97 Å². The van der Waals surface area contributed by atoms with E-state index in [4.69, 9.17) is 5.11 Å². The smallest absolute Gasteiger partial charge is 0.320 e. The number of nitrogens with one attached hydrogen (secondary N) is 1. The Kier molecular flexibility index (Phi) is 3.69. The van der Waals surface area contributed by atoms with Gasteiger partial charge in [-0.05, 0) is 39.4 Å². The van der Waals surface area contributed by atoms with Crippen molar-refractivity contribution in [3.05, 3.63) is 0 Å². The van der Waals surface area contributed by atoms with Crippen LogP contribution < -0.4 is 5.32 Å². The van der Waals surface area contributed by atoms with Crippen molar-refractivity contribution in [3.8, 4) is 0 Å². The van der Waals surface area contributed by atoms with Crippen LogP contribution in [0.1, 0.15) is 12.8 Å². The van der Waals surface area contributed by atoms with Gasteiger partial charge < -0.3 is 10.4 Å². The monoisotopic (exact) mass is 186 g/mol. The molecule has 0 amide bonds. The van der Waals surface area contributed by atoms with Gasteiger partial charge >= 0.3 is 5.97 Å². The van der Waals surface area contributed by atoms with Gasteiger partial charge in [0.15, 0.2) is 0 Å². The Labute approximate surface area is 78.9 Å². The van der Waals surface area contributed by atoms with Crippen molar-refractivity contribution in [1.29, 1.82) is 0 Å². The molecule has 0 aromatic rings. The first-order chi connectivity index (χ1) is 6.15. The Balaban J connectivity index is 2.36. The van der Waals surface area contributed by atoms with Crippen LogP contribution in [-0.4, -0.2) is 49.2 Å². The summed E-state index contributed by atoms with van der Waals surface area (Å²) in [5.41, 5.74) is 0. The van der Waals surface area contributed by atoms with Crippen LogP contribution in [-0.2, 0) is 4.79 Å². The summed E-state index contributed by atoms with van der Waals surface area (Å²) in [4.78, 5) is 12.7. The number of carboxylic acids is 1. The highest BCUT2D eigenvalue weighted by atomic mass is 16.4. The molecule has 0 radical (unpaired) electrons. The Morgan fingerprint density at radius 2 is 2.38 bits per heavy atom. The molecule has 1 aliphatic rings. The quantitative estimate of drug-likeness (QED) is 0.649. The highest BCUT2D eigenvalue weighted by Gasteiger charge is 2.33. The zero-order valence-electron chi connectivity index (χ0n) is 8.29. The Bertz CT molecular complexity index is 184. The van der Waals surface area contributed by atoms with Gasteiger partial charge in [-0.1, -0.05) is 0 Å². The molecule has 0 spiro atoms. The maximum absolute atomic E-state index is 10.8. The zero-order chi connectivity index (χ0) is 9.84. The lowest BCUT2D eigenvalue weighted by Crippen LogP contribution is -2.32. The third-order valence-corrected chi connectivity index (χ3v) is 2.72. The molecule has 2 atom stereocenters. The predicted molar refractivity (Wildman–Crippen MR) is 50.7 cm³/mol. The number of hydrogen-bond donors (Lipinski definition) is 2. The molecule has 0 saturated carbocycles. The number of likely N-dealkylation sites (tertiary alicyclic amines) is 1. The first-order valence-corrected chi connectivity index (χ1v) is 4.72. The van der Waals surface area contributed by atoms with Gasteiger partial charge in [-0.25, -0.2) is 0 Å². The van der Waals surface area contributed by atoms with E-state index in [0.29, 0.717) is 5.92 Å². The van der Waals surface area contributed by atoms with Crippen molar-refractivity contribution >= 4 is 5.97 Å². The van der Waals surface area contributed by atoms with Crippen LogP contribution in [0.5, 0.6) is 0 Å². The van der Waals surface area contributed by atoms with Gasteiger partial charge in [-0.2, -0.15) is 0 Å². The molecule has 4 heteroatoms. The van der Waals surface area contributed by atoms with Crippen molar-refractivity contribution in [2.24, 2.45) is 5.92 Å². The minimum absolute atomic E-state index is 0.262. The molecule has 1 rings (SSSR count). The molecule has 1 fully saturated rings. The van der Waals surface area contributed by atoms with E-state index in [9.17, 15) is 4.79 Å². The van der Waals surface area contributed by atoms with Crippen LogP contribution in [0.3, 0.4) is 0 Å². The summed E-state index contributed by atoms with van der Waals surface area (Å²) in [6.45, 7) is 1.89. The largest absolute Gasteiger partial charge is 0.480 e. The fourth-order valence-corrected chi connectivity index (χ4v) is 1.95. The van der Waals surface area contributed by atoms with Crippen LogP contribution >= 0.6 is 0 Å². The lowest BCUT2D eigenvalue weighted by molar-refractivity contribution is -0.141. The van der Waals surface area contributed by atoms with Gasteiger partial charge in [-0.15, -0.1) is 0 Å². The van der Waals surface area contributed by atoms with E-state index in [-0.39, 0.29) is 6.04 Å². The zero-order valence-corrected chi connectivity index (χ0v) is 8.29. The normalized spacial score (nSPS) is 29.4. The number of hydrogen-bond acceptors (Lipinski definition) is 3. The molecule has 2 unspecified atom stereocenters. The van der Waals surface area contributed by atoms with E-state index in [1.807, 2.05) is 19.0 Å². The van der Waals surface area contributed by atoms with Gasteiger partial charge in [0.25, 0.3) is 0 Å². The standard InChI is InChI=1S/C9H18N2O2/c1-10-4-3-7-5-8(9(12)13)11(2)6-7/h7-8,10H,3-6H2,1-2H3,(H,12,13). The van der Waals surface area contributed by atoms with Gasteiger partial charge in [-0.3, -0.25) is 9.69 Å². The minimum Gasteiger partial charge on any atom is -0.480 e. The summed E-state index contributed by atoms with van der Waals surface area (Å²) in [5.74, 6) is -0.145. The Morgan fingerprint density at radius 3 is 2.85 bits per heavy atom. The first-order valence-electron chi connectivity index (χ1n) is 4.72. The summed E-state index contributed by atoms with van der Waals surface area (Å²) in [7, 11) is 3.81. The highest BCUT2D eigenvalue weighted by Crippen LogP contribution is 2.23. The van der Waals surface area contributed by atoms with Crippen LogP contribution in [0.4, 0.5) is 0 Å². The molecule has 0 aromatic carbocycles. The van der Waals surface area contributed by atoms with Crippen LogP contribution in [0, 0.1) is 5.92 Å². The average molecular weight is 186 g/mol. The van der Waals surface area contributed by atoms with E-state index in [1.54, 1.807) is 0 Å². The second-order valence-electron chi connectivity index (χ2n) is 3.79. The third-order valence-electron chi connectivity index (χ3n) is 2.72. The van der Waals surface area contributed by atoms with Crippen molar-refractivity contribution in [2.45, 2.75) is 18.9 Å². The first kappa shape index (κ1) is 10.5. The van der Waals surface area contributed by atoms with Crippen LogP contribution in [0.25, 0.3) is 0 Å². The Hall–Kier alpha value is -0.610. The number of nitrogens with zero attached hydrogens (tertiary/aromatic N) is 1. The molecule has 1 aliphatic heterocycles. The van der Waals surface area contributed by atoms with Crippen molar-refractivity contribution in [3.63, 3.8) is 0 Å². The lowest BCUT2D eigenvalue weighted by Gasteiger charge is -2.13. The number of carbonyl (C=O) groups is 1. The summed E-state index contributed by atoms with van der Waals surface area (Å²) < 4.78 is 0. The third kappa shape index (κ3) is 2.67. The minimum atomic E-state index is -0.686. The molecule has 2 N–H and O–H groups in total. The molecular formula is C9H18N2O2. The maximum atomic E-state index is 10.8. The molecule has 76 valence electrons. The summed E-state index contributed by atoms with van der Waals surface area (Å²) in [6, 6.07) is -0.262. The average Bonchev–Trinajstić information content (AvgIpc) is 2.43. The van der Waals surface area contributed by atoms with Crippen molar-refractivity contribution in [2.75, 3.05) is 27.2 Å². The summed E-state index contributed by atoms with van der Waals surface area (Å²) >= 11 is 0. The van der Waals surface area contributed by atoms with Crippen molar-refractivity contribution in [1.82, 2.24) is 10.2 Å². The predicted octanol–water partition coefficient (Wildman–Crippen LogP) is 0.000800. The SMILES string of the molecule is CNCCC1CC(C(=O)O)N(C)C1. The number of rotatable bonds is 4. The molecule has 0 aliphatic carbocycles. The maximum Gasteiger partial charge on any atom is 0.320 e. The van der Waals surface area contributed by atoms with Gasteiger partial charge in [0.2, 0.25) is 0 Å². The second-order valence-corrected chi connectivity index (χ2v) is 3.79. The van der Waals surface area contributed by atoms with E-state index in [2.05, 4.69) is 5.32 Å². The van der Waals surface area contributed by atoms with Crippen LogP contribution in [0.15, 0.2) is 0 Å². The summed E-state index contributed by atoms with van der Waals surface area (Å²) in [6.07, 6.45) is 1.87. The number of likely N-dealkylation sites (N-methyl/N-ethyl adjacent to an activating group) is 1. The second kappa shape index (κ2) is 4.58. The van der Waals surface area contributed by atoms with Gasteiger partial charge in [0.05, 0.1) is 0 Å². The molecule has 1 saturated heterocycles. The molecule has 13 heavy (non-hydrogen) atoms. The fourth-order valence-electron chi connectivity index (χ4n) is 1.95. The topological polar surface area (TPSA) is 52.6 Å². The molecule has 0 bridgehead atoms. The van der Waals surface area contributed by atoms with E-state index in [1.165, 1.54) is 0 Å². The lowest BCUT2D eigenvalue weighted by atomic mass is 10.0. The summed E-state index contributed by atoms with van der Waals surface area (Å²) in [5, 5.41) is 12.0. The van der Waals surface area contributed by atoms with E-state index in [0.717, 1.165) is 25.9 Å².